The maximum atomic E-state index is 13.3. The maximum absolute atomic E-state index is 13.3. The van der Waals surface area contributed by atoms with Crippen LogP contribution in [-0.4, -0.2) is 28.2 Å². The molecular weight excluding hydrogens is 307 g/mol. The number of nitrogens with zero attached hydrogens (tertiary/aromatic N) is 2. The number of hydrogen-bond acceptors (Lipinski definition) is 5. The van der Waals surface area contributed by atoms with E-state index in [1.165, 1.54) is 12.1 Å². The summed E-state index contributed by atoms with van der Waals surface area (Å²) in [4.78, 5) is 8.81. The van der Waals surface area contributed by atoms with Crippen LogP contribution >= 0.6 is 0 Å². The van der Waals surface area contributed by atoms with Crippen molar-refractivity contribution in [2.45, 2.75) is 0 Å². The Morgan fingerprint density at radius 1 is 0.958 bits per heavy atom. The van der Waals surface area contributed by atoms with Crippen LogP contribution in [0.4, 0.5) is 21.8 Å². The number of rotatable bonds is 6. The topological polar surface area (TPSA) is 70.1 Å². The van der Waals surface area contributed by atoms with Gasteiger partial charge >= 0.3 is 0 Å². The van der Waals surface area contributed by atoms with Gasteiger partial charge in [-0.1, -0.05) is 36.4 Å². The van der Waals surface area contributed by atoms with Crippen molar-refractivity contribution in [3.05, 3.63) is 66.5 Å². The van der Waals surface area contributed by atoms with E-state index in [4.69, 9.17) is 5.11 Å². The van der Waals surface area contributed by atoms with E-state index in [9.17, 15) is 4.39 Å². The quantitative estimate of drug-likeness (QED) is 0.648. The zero-order valence-corrected chi connectivity index (χ0v) is 12.9. The monoisotopic (exact) mass is 324 g/mol. The lowest BCUT2D eigenvalue weighted by molar-refractivity contribution is 0.311. The fraction of sp³-hybridized carbons (Fsp3) is 0.111. The van der Waals surface area contributed by atoms with E-state index in [0.29, 0.717) is 24.0 Å². The second-order valence-electron chi connectivity index (χ2n) is 5.11. The zero-order valence-electron chi connectivity index (χ0n) is 12.9. The lowest BCUT2D eigenvalue weighted by atomic mass is 10.1. The predicted molar refractivity (Wildman–Crippen MR) is 92.7 cm³/mol. The first-order valence-electron chi connectivity index (χ1n) is 7.56. The summed E-state index contributed by atoms with van der Waals surface area (Å²) in [6, 6.07) is 17.6. The molecule has 0 radical (unpaired) electrons. The van der Waals surface area contributed by atoms with E-state index in [2.05, 4.69) is 20.6 Å². The summed E-state index contributed by atoms with van der Waals surface area (Å²) in [7, 11) is 0. The normalized spacial score (nSPS) is 10.4. The molecule has 122 valence electrons. The molecule has 0 aliphatic rings. The number of anilines is 3. The molecule has 0 amide bonds. The first-order valence-corrected chi connectivity index (χ1v) is 7.56. The third kappa shape index (κ3) is 4.05. The van der Waals surface area contributed by atoms with Gasteiger partial charge in [0.1, 0.15) is 11.6 Å². The Bertz CT molecular complexity index is 811. The minimum Gasteiger partial charge on any atom is -0.395 e. The van der Waals surface area contributed by atoms with Gasteiger partial charge in [-0.05, 0) is 18.2 Å². The molecule has 0 saturated heterocycles. The average molecular weight is 324 g/mol. The number of aliphatic hydroxyl groups is 1. The molecule has 0 atom stereocenters. The van der Waals surface area contributed by atoms with Gasteiger partial charge in [-0.15, -0.1) is 0 Å². The predicted octanol–water partition coefficient (Wildman–Crippen LogP) is 3.43. The lowest BCUT2D eigenvalue weighted by Crippen LogP contribution is -2.10. The molecule has 3 N–H and O–H groups in total. The second-order valence-corrected chi connectivity index (χ2v) is 5.11. The number of halogens is 1. The zero-order chi connectivity index (χ0) is 16.8. The third-order valence-electron chi connectivity index (χ3n) is 3.29. The molecule has 3 aromatic rings. The third-order valence-corrected chi connectivity index (χ3v) is 3.29. The van der Waals surface area contributed by atoms with Crippen molar-refractivity contribution < 1.29 is 9.50 Å². The van der Waals surface area contributed by atoms with Crippen molar-refractivity contribution in [1.82, 2.24) is 9.97 Å². The van der Waals surface area contributed by atoms with Gasteiger partial charge in [0.15, 0.2) is 0 Å². The highest BCUT2D eigenvalue weighted by molar-refractivity contribution is 5.67. The Kier molecular flexibility index (Phi) is 4.98. The minimum absolute atomic E-state index is 0.0222. The average Bonchev–Trinajstić information content (AvgIpc) is 2.60. The lowest BCUT2D eigenvalue weighted by Gasteiger charge is -2.11. The molecule has 0 aliphatic carbocycles. The van der Waals surface area contributed by atoms with Crippen LogP contribution in [0, 0.1) is 5.82 Å². The van der Waals surface area contributed by atoms with E-state index in [-0.39, 0.29) is 12.4 Å². The highest BCUT2D eigenvalue weighted by atomic mass is 19.1. The van der Waals surface area contributed by atoms with Crippen LogP contribution in [0.25, 0.3) is 11.3 Å². The molecule has 5 nitrogen and oxygen atoms in total. The summed E-state index contributed by atoms with van der Waals surface area (Å²) in [6.07, 6.45) is 0. The first kappa shape index (κ1) is 15.9. The molecule has 0 spiro atoms. The van der Waals surface area contributed by atoms with Gasteiger partial charge in [0, 0.05) is 23.9 Å². The van der Waals surface area contributed by atoms with E-state index < -0.39 is 0 Å². The molecule has 1 heterocycles. The minimum atomic E-state index is -0.323. The summed E-state index contributed by atoms with van der Waals surface area (Å²) in [6.45, 7) is 0.323. The number of benzene rings is 2. The van der Waals surface area contributed by atoms with Crippen LogP contribution in [0.2, 0.25) is 0 Å². The number of hydrogen-bond donors (Lipinski definition) is 3. The Labute approximate surface area is 139 Å². The van der Waals surface area contributed by atoms with Gasteiger partial charge in [-0.2, -0.15) is 4.98 Å². The van der Waals surface area contributed by atoms with E-state index in [0.717, 1.165) is 11.3 Å². The van der Waals surface area contributed by atoms with E-state index in [1.54, 1.807) is 18.2 Å². The van der Waals surface area contributed by atoms with Crippen molar-refractivity contribution in [3.8, 4) is 11.3 Å². The van der Waals surface area contributed by atoms with Gasteiger partial charge in [0.25, 0.3) is 0 Å². The Balaban J connectivity index is 1.95. The van der Waals surface area contributed by atoms with E-state index in [1.807, 2.05) is 30.3 Å². The van der Waals surface area contributed by atoms with Crippen LogP contribution in [0.15, 0.2) is 60.7 Å². The van der Waals surface area contributed by atoms with Crippen molar-refractivity contribution >= 4 is 17.5 Å². The molecule has 0 bridgehead atoms. The van der Waals surface area contributed by atoms with Crippen LogP contribution in [0.3, 0.4) is 0 Å². The number of nitrogens with one attached hydrogen (secondary N) is 2. The van der Waals surface area contributed by atoms with Gasteiger partial charge in [-0.3, -0.25) is 0 Å². The fourth-order valence-corrected chi connectivity index (χ4v) is 2.23. The summed E-state index contributed by atoms with van der Waals surface area (Å²) < 4.78 is 13.3. The molecule has 3 rings (SSSR count). The standard InChI is InChI=1S/C18H17FN4O/c19-14-7-4-8-15(11-14)21-17-12-16(13-5-2-1-3-6-13)22-18(23-17)20-9-10-24/h1-8,11-12,24H,9-10H2,(H2,20,21,22,23). The van der Waals surface area contributed by atoms with Gasteiger partial charge in [0.05, 0.1) is 12.3 Å². The molecule has 0 fully saturated rings. The van der Waals surface area contributed by atoms with Crippen molar-refractivity contribution in [3.63, 3.8) is 0 Å². The van der Waals surface area contributed by atoms with Crippen LogP contribution in [0.5, 0.6) is 0 Å². The number of aliphatic hydroxyl groups excluding tert-OH is 1. The summed E-state index contributed by atoms with van der Waals surface area (Å²) >= 11 is 0. The van der Waals surface area contributed by atoms with Crippen molar-refractivity contribution in [2.24, 2.45) is 0 Å². The molecular formula is C18H17FN4O. The molecule has 24 heavy (non-hydrogen) atoms. The van der Waals surface area contributed by atoms with Gasteiger partial charge < -0.3 is 15.7 Å². The largest absolute Gasteiger partial charge is 0.395 e. The van der Waals surface area contributed by atoms with Crippen LogP contribution < -0.4 is 10.6 Å². The first-order chi connectivity index (χ1) is 11.7. The second kappa shape index (κ2) is 7.52. The molecule has 0 saturated carbocycles. The Morgan fingerprint density at radius 3 is 2.54 bits per heavy atom. The fourth-order valence-electron chi connectivity index (χ4n) is 2.23. The highest BCUT2D eigenvalue weighted by Gasteiger charge is 2.07. The molecule has 2 aromatic carbocycles. The van der Waals surface area contributed by atoms with Gasteiger partial charge in [-0.25, -0.2) is 9.37 Å². The molecule has 1 aromatic heterocycles. The SMILES string of the molecule is OCCNc1nc(Nc2cccc(F)c2)cc(-c2ccccc2)n1. The van der Waals surface area contributed by atoms with Gasteiger partial charge in [0.2, 0.25) is 5.95 Å². The molecule has 0 unspecified atom stereocenters. The summed E-state index contributed by atoms with van der Waals surface area (Å²) in [5.41, 5.74) is 2.26. The summed E-state index contributed by atoms with van der Waals surface area (Å²) in [5, 5.41) is 15.0. The van der Waals surface area contributed by atoms with E-state index >= 15 is 0 Å². The van der Waals surface area contributed by atoms with Crippen molar-refractivity contribution in [1.29, 1.82) is 0 Å². The molecule has 0 aliphatic heterocycles. The Hall–Kier alpha value is -2.99. The number of aromatic nitrogens is 2. The Morgan fingerprint density at radius 2 is 1.79 bits per heavy atom. The molecule has 6 heteroatoms. The van der Waals surface area contributed by atoms with Crippen molar-refractivity contribution in [2.75, 3.05) is 23.8 Å². The maximum Gasteiger partial charge on any atom is 0.225 e. The summed E-state index contributed by atoms with van der Waals surface area (Å²) in [5.74, 6) is 0.607. The smallest absolute Gasteiger partial charge is 0.225 e. The van der Waals surface area contributed by atoms with Crippen LogP contribution in [0.1, 0.15) is 0 Å². The van der Waals surface area contributed by atoms with Crippen LogP contribution in [-0.2, 0) is 0 Å². The highest BCUT2D eigenvalue weighted by Crippen LogP contribution is 2.23.